The van der Waals surface area contributed by atoms with E-state index >= 15 is 0 Å². The molecule has 116 valence electrons. The molecule has 0 saturated heterocycles. The van der Waals surface area contributed by atoms with Crippen LogP contribution in [0.25, 0.3) is 10.6 Å². The van der Waals surface area contributed by atoms with E-state index in [1.807, 2.05) is 51.1 Å². The summed E-state index contributed by atoms with van der Waals surface area (Å²) in [7, 11) is 0. The Hall–Kier alpha value is -2.21. The molecule has 0 unspecified atom stereocenters. The lowest BCUT2D eigenvalue weighted by atomic mass is 10.2. The first kappa shape index (κ1) is 16.2. The van der Waals surface area contributed by atoms with Crippen molar-refractivity contribution in [3.05, 3.63) is 40.9 Å². The van der Waals surface area contributed by atoms with Crippen LogP contribution in [0.1, 0.15) is 24.4 Å². The van der Waals surface area contributed by atoms with Gasteiger partial charge in [-0.15, -0.1) is 11.3 Å². The molecular weight excluding hydrogens is 298 g/mol. The summed E-state index contributed by atoms with van der Waals surface area (Å²) in [5, 5.41) is 11.6. The average molecular weight is 317 g/mol. The van der Waals surface area contributed by atoms with Crippen LogP contribution in [0.15, 0.2) is 30.3 Å². The van der Waals surface area contributed by atoms with E-state index in [0.29, 0.717) is 0 Å². The van der Waals surface area contributed by atoms with Crippen molar-refractivity contribution in [2.75, 3.05) is 6.61 Å². The SMILES string of the molecule is Cc1nc(-c2ccccc2)sc1C(=N)COC(=O)NC(C)C. The van der Waals surface area contributed by atoms with E-state index < -0.39 is 6.09 Å². The number of benzene rings is 1. The monoisotopic (exact) mass is 317 g/mol. The fraction of sp³-hybridized carbons (Fsp3) is 0.312. The zero-order chi connectivity index (χ0) is 16.1. The van der Waals surface area contributed by atoms with Crippen LogP contribution in [-0.2, 0) is 4.74 Å². The van der Waals surface area contributed by atoms with Crippen LogP contribution in [0, 0.1) is 12.3 Å². The Morgan fingerprint density at radius 3 is 2.68 bits per heavy atom. The van der Waals surface area contributed by atoms with E-state index in [4.69, 9.17) is 10.1 Å². The highest BCUT2D eigenvalue weighted by Gasteiger charge is 2.15. The summed E-state index contributed by atoms with van der Waals surface area (Å²) in [6.07, 6.45) is -0.509. The van der Waals surface area contributed by atoms with Gasteiger partial charge in [0.1, 0.15) is 11.6 Å². The van der Waals surface area contributed by atoms with Gasteiger partial charge in [-0.05, 0) is 20.8 Å². The summed E-state index contributed by atoms with van der Waals surface area (Å²) < 4.78 is 5.04. The summed E-state index contributed by atoms with van der Waals surface area (Å²) in [6.45, 7) is 5.51. The Morgan fingerprint density at radius 1 is 1.36 bits per heavy atom. The predicted octanol–water partition coefficient (Wildman–Crippen LogP) is 3.62. The zero-order valence-corrected chi connectivity index (χ0v) is 13.7. The number of hydrogen-bond acceptors (Lipinski definition) is 5. The number of carbonyl (C=O) groups excluding carboxylic acids is 1. The number of nitrogens with one attached hydrogen (secondary N) is 2. The smallest absolute Gasteiger partial charge is 0.407 e. The maximum atomic E-state index is 11.5. The van der Waals surface area contributed by atoms with Gasteiger partial charge in [0.25, 0.3) is 0 Å². The Balaban J connectivity index is 2.05. The molecule has 0 saturated carbocycles. The number of ether oxygens (including phenoxy) is 1. The summed E-state index contributed by atoms with van der Waals surface area (Å²) in [6, 6.07) is 9.84. The highest BCUT2D eigenvalue weighted by Crippen LogP contribution is 2.27. The standard InChI is InChI=1S/C16H19N3O2S/c1-10(2)18-16(20)21-9-13(17)14-11(3)19-15(22-14)12-7-5-4-6-8-12/h4-8,10,17H,9H2,1-3H3,(H,18,20). The van der Waals surface area contributed by atoms with Crippen molar-refractivity contribution in [3.63, 3.8) is 0 Å². The molecule has 1 heterocycles. The maximum absolute atomic E-state index is 11.5. The summed E-state index contributed by atoms with van der Waals surface area (Å²) in [5.41, 5.74) is 2.06. The van der Waals surface area contributed by atoms with Gasteiger partial charge in [-0.2, -0.15) is 0 Å². The van der Waals surface area contributed by atoms with Gasteiger partial charge >= 0.3 is 6.09 Å². The first-order chi connectivity index (χ1) is 10.5. The number of amides is 1. The first-order valence-electron chi connectivity index (χ1n) is 7.01. The van der Waals surface area contributed by atoms with Crippen LogP contribution in [0.3, 0.4) is 0 Å². The first-order valence-corrected chi connectivity index (χ1v) is 7.83. The minimum absolute atomic E-state index is 0.0107. The third-order valence-corrected chi connectivity index (χ3v) is 4.11. The number of alkyl carbamates (subject to hydrolysis) is 1. The molecule has 1 aromatic heterocycles. The highest BCUT2D eigenvalue weighted by atomic mass is 32.1. The molecule has 22 heavy (non-hydrogen) atoms. The van der Waals surface area contributed by atoms with Gasteiger partial charge in [-0.25, -0.2) is 9.78 Å². The van der Waals surface area contributed by atoms with Crippen molar-refractivity contribution in [1.29, 1.82) is 5.41 Å². The number of carbonyl (C=O) groups is 1. The van der Waals surface area contributed by atoms with E-state index in [9.17, 15) is 4.79 Å². The molecule has 0 aliphatic heterocycles. The van der Waals surface area contributed by atoms with Gasteiger partial charge in [0.2, 0.25) is 0 Å². The fourth-order valence-electron chi connectivity index (χ4n) is 1.86. The number of rotatable bonds is 5. The molecule has 0 fully saturated rings. The van der Waals surface area contributed by atoms with E-state index in [0.717, 1.165) is 21.1 Å². The molecule has 5 nitrogen and oxygen atoms in total. The molecular formula is C16H19N3O2S. The van der Waals surface area contributed by atoms with Crippen LogP contribution in [0.5, 0.6) is 0 Å². The third kappa shape index (κ3) is 4.14. The third-order valence-electron chi connectivity index (χ3n) is 2.85. The van der Waals surface area contributed by atoms with E-state index in [-0.39, 0.29) is 18.4 Å². The minimum Gasteiger partial charge on any atom is -0.443 e. The van der Waals surface area contributed by atoms with Crippen LogP contribution in [-0.4, -0.2) is 29.4 Å². The van der Waals surface area contributed by atoms with E-state index in [1.54, 1.807) is 0 Å². The fourth-order valence-corrected chi connectivity index (χ4v) is 2.87. The second-order valence-electron chi connectivity index (χ2n) is 5.15. The normalized spacial score (nSPS) is 10.5. The summed E-state index contributed by atoms with van der Waals surface area (Å²) in [4.78, 5) is 16.7. The van der Waals surface area contributed by atoms with Gasteiger partial charge in [-0.1, -0.05) is 30.3 Å². The number of aryl methyl sites for hydroxylation is 1. The van der Waals surface area contributed by atoms with Gasteiger partial charge in [0.05, 0.1) is 16.3 Å². The van der Waals surface area contributed by atoms with E-state index in [1.165, 1.54) is 11.3 Å². The second-order valence-corrected chi connectivity index (χ2v) is 6.15. The number of nitrogens with zero attached hydrogens (tertiary/aromatic N) is 1. The Morgan fingerprint density at radius 2 is 2.05 bits per heavy atom. The quantitative estimate of drug-likeness (QED) is 0.827. The average Bonchev–Trinajstić information content (AvgIpc) is 2.87. The molecule has 2 aromatic rings. The molecule has 2 rings (SSSR count). The Labute approximate surface area is 133 Å². The molecule has 6 heteroatoms. The summed E-state index contributed by atoms with van der Waals surface area (Å²) >= 11 is 1.44. The van der Waals surface area contributed by atoms with Crippen molar-refractivity contribution in [3.8, 4) is 10.6 Å². The molecule has 1 aromatic carbocycles. The van der Waals surface area contributed by atoms with Crippen LogP contribution in [0.4, 0.5) is 4.79 Å². The largest absolute Gasteiger partial charge is 0.443 e. The lowest BCUT2D eigenvalue weighted by molar-refractivity contribution is 0.159. The molecule has 0 aliphatic rings. The minimum atomic E-state index is -0.509. The van der Waals surface area contributed by atoms with Crippen molar-refractivity contribution in [1.82, 2.24) is 10.3 Å². The number of aromatic nitrogens is 1. The van der Waals surface area contributed by atoms with Crippen LogP contribution >= 0.6 is 11.3 Å². The number of hydrogen-bond donors (Lipinski definition) is 2. The van der Waals surface area contributed by atoms with Crippen LogP contribution < -0.4 is 5.32 Å². The summed E-state index contributed by atoms with van der Waals surface area (Å²) in [5.74, 6) is 0. The highest BCUT2D eigenvalue weighted by molar-refractivity contribution is 7.17. The van der Waals surface area contributed by atoms with Crippen molar-refractivity contribution < 1.29 is 9.53 Å². The molecule has 0 spiro atoms. The van der Waals surface area contributed by atoms with Crippen LogP contribution in [0.2, 0.25) is 0 Å². The molecule has 0 atom stereocenters. The molecule has 2 N–H and O–H groups in total. The van der Waals surface area contributed by atoms with Gasteiger partial charge in [-0.3, -0.25) is 0 Å². The van der Waals surface area contributed by atoms with Crippen molar-refractivity contribution >= 4 is 23.1 Å². The molecule has 0 bridgehead atoms. The zero-order valence-electron chi connectivity index (χ0n) is 12.8. The Bertz CT molecular complexity index is 665. The lowest BCUT2D eigenvalue weighted by Crippen LogP contribution is -2.32. The molecule has 0 aliphatic carbocycles. The maximum Gasteiger partial charge on any atom is 0.407 e. The predicted molar refractivity (Wildman–Crippen MR) is 88.7 cm³/mol. The lowest BCUT2D eigenvalue weighted by Gasteiger charge is -2.09. The second kappa shape index (κ2) is 7.17. The van der Waals surface area contributed by atoms with E-state index in [2.05, 4.69) is 10.3 Å². The Kier molecular flexibility index (Phi) is 5.27. The van der Waals surface area contributed by atoms with Crippen molar-refractivity contribution in [2.24, 2.45) is 0 Å². The number of thiazole rings is 1. The van der Waals surface area contributed by atoms with Crippen molar-refractivity contribution in [2.45, 2.75) is 26.8 Å². The molecule has 1 amide bonds. The van der Waals surface area contributed by atoms with Gasteiger partial charge in [0, 0.05) is 11.6 Å². The van der Waals surface area contributed by atoms with Gasteiger partial charge < -0.3 is 15.5 Å². The topological polar surface area (TPSA) is 75.1 Å². The van der Waals surface area contributed by atoms with Gasteiger partial charge in [0.15, 0.2) is 0 Å². The molecule has 0 radical (unpaired) electrons.